The summed E-state index contributed by atoms with van der Waals surface area (Å²) in [5.74, 6) is 0.586. The van der Waals surface area contributed by atoms with Gasteiger partial charge in [0, 0.05) is 6.07 Å². The minimum atomic E-state index is 0.586. The molecule has 0 amide bonds. The first-order valence-corrected chi connectivity index (χ1v) is 4.03. The van der Waals surface area contributed by atoms with Gasteiger partial charge in [-0.05, 0) is 28.7 Å². The van der Waals surface area contributed by atoms with E-state index in [0.29, 0.717) is 12.4 Å². The lowest BCUT2D eigenvalue weighted by molar-refractivity contribution is 0.366. The molecule has 0 aliphatic heterocycles. The molecule has 1 aromatic rings. The summed E-state index contributed by atoms with van der Waals surface area (Å²) in [6.45, 7) is 0.634. The van der Waals surface area contributed by atoms with Gasteiger partial charge in [0.05, 0.1) is 6.51 Å². The average molecular weight is 248 g/mol. The lowest BCUT2D eigenvalue weighted by Crippen LogP contribution is -1.98. The van der Waals surface area contributed by atoms with Crippen LogP contribution in [-0.4, -0.2) is 24.5 Å². The molecule has 0 unspecified atom stereocenters. The summed E-state index contributed by atoms with van der Waals surface area (Å²) in [5, 5.41) is 7.60. The Morgan fingerprint density at radius 2 is 2.30 bits per heavy atom. The molecule has 10 heavy (non-hydrogen) atoms. The molecule has 0 atom stereocenters. The van der Waals surface area contributed by atoms with Crippen LogP contribution >= 0.6 is 22.6 Å². The molecule has 1 heterocycles. The van der Waals surface area contributed by atoms with Crippen molar-refractivity contribution >= 4 is 30.4 Å². The van der Waals surface area contributed by atoms with Gasteiger partial charge in [0.1, 0.15) is 3.70 Å². The minimum Gasteiger partial charge on any atom is -0.486 e. The minimum absolute atomic E-state index is 0.586. The fourth-order valence-electron chi connectivity index (χ4n) is 0.529. The van der Waals surface area contributed by atoms with E-state index in [2.05, 4.69) is 32.8 Å². The maximum absolute atomic E-state index is 5.08. The molecule has 0 saturated heterocycles. The zero-order valence-corrected chi connectivity index (χ0v) is 7.70. The maximum atomic E-state index is 5.08. The van der Waals surface area contributed by atoms with Crippen LogP contribution in [0.15, 0.2) is 12.1 Å². The third-order valence-electron chi connectivity index (χ3n) is 0.900. The Morgan fingerprint density at radius 3 is 2.80 bits per heavy atom. The van der Waals surface area contributed by atoms with Crippen molar-refractivity contribution in [1.29, 1.82) is 0 Å². The molecule has 1 aromatic heterocycles. The van der Waals surface area contributed by atoms with Gasteiger partial charge in [0.25, 0.3) is 0 Å². The van der Waals surface area contributed by atoms with E-state index < -0.39 is 0 Å². The number of aromatic nitrogens is 2. The van der Waals surface area contributed by atoms with Gasteiger partial charge < -0.3 is 4.74 Å². The van der Waals surface area contributed by atoms with E-state index in [4.69, 9.17) is 4.74 Å². The predicted molar refractivity (Wildman–Crippen MR) is 48.8 cm³/mol. The van der Waals surface area contributed by atoms with Gasteiger partial charge in [-0.15, -0.1) is 10.2 Å². The number of rotatable bonds is 2. The first-order chi connectivity index (χ1) is 4.83. The van der Waals surface area contributed by atoms with Crippen molar-refractivity contribution in [3.05, 3.63) is 15.8 Å². The first-order valence-electron chi connectivity index (χ1n) is 2.95. The van der Waals surface area contributed by atoms with Crippen LogP contribution in [0, 0.1) is 3.70 Å². The van der Waals surface area contributed by atoms with E-state index in [0.717, 1.165) is 3.70 Å². The standard InChI is InChI=1S/C5H6BIN2O/c6-3-10-5-2-1-4(7)8-9-5/h1-2H,3,6H2. The monoisotopic (exact) mass is 248 g/mol. The van der Waals surface area contributed by atoms with Crippen LogP contribution in [0.25, 0.3) is 0 Å². The highest BCUT2D eigenvalue weighted by Gasteiger charge is 1.92. The van der Waals surface area contributed by atoms with E-state index in [1.807, 2.05) is 13.9 Å². The van der Waals surface area contributed by atoms with Crippen LogP contribution in [0.2, 0.25) is 0 Å². The van der Waals surface area contributed by atoms with Gasteiger partial charge in [0.15, 0.2) is 7.85 Å². The predicted octanol–water partition coefficient (Wildman–Crippen LogP) is 0.0506. The second-order valence-electron chi connectivity index (χ2n) is 1.63. The van der Waals surface area contributed by atoms with Gasteiger partial charge >= 0.3 is 0 Å². The Labute approximate surface area is 73.7 Å². The molecule has 0 N–H and O–H groups in total. The fourth-order valence-corrected chi connectivity index (χ4v) is 0.816. The lowest BCUT2D eigenvalue weighted by atomic mass is 10.2. The molecular formula is C5H6BIN2O. The number of hydrogen-bond acceptors (Lipinski definition) is 3. The smallest absolute Gasteiger partial charge is 0.232 e. The number of halogens is 1. The average Bonchev–Trinajstić information content (AvgIpc) is 1.95. The molecule has 0 saturated carbocycles. The van der Waals surface area contributed by atoms with E-state index in [9.17, 15) is 0 Å². The normalized spacial score (nSPS) is 9.30. The van der Waals surface area contributed by atoms with E-state index >= 15 is 0 Å². The van der Waals surface area contributed by atoms with Crippen LogP contribution in [0.3, 0.4) is 0 Å². The highest BCUT2D eigenvalue weighted by molar-refractivity contribution is 14.1. The van der Waals surface area contributed by atoms with Crippen LogP contribution in [0.4, 0.5) is 0 Å². The largest absolute Gasteiger partial charge is 0.486 e. The zero-order chi connectivity index (χ0) is 7.40. The van der Waals surface area contributed by atoms with Gasteiger partial charge in [-0.25, -0.2) is 0 Å². The molecule has 0 bridgehead atoms. The second kappa shape index (κ2) is 3.75. The fraction of sp³-hybridized carbons (Fsp3) is 0.200. The lowest BCUT2D eigenvalue weighted by Gasteiger charge is -1.98. The Morgan fingerprint density at radius 1 is 1.50 bits per heavy atom. The van der Waals surface area contributed by atoms with Crippen LogP contribution < -0.4 is 4.74 Å². The number of ether oxygens (including phenoxy) is 1. The first kappa shape index (κ1) is 7.78. The highest BCUT2D eigenvalue weighted by Crippen LogP contribution is 2.05. The molecule has 3 nitrogen and oxygen atoms in total. The van der Waals surface area contributed by atoms with Crippen molar-refractivity contribution in [1.82, 2.24) is 10.2 Å². The van der Waals surface area contributed by atoms with Crippen molar-refractivity contribution in [3.63, 3.8) is 0 Å². The van der Waals surface area contributed by atoms with E-state index in [1.54, 1.807) is 6.07 Å². The molecule has 52 valence electrons. The quantitative estimate of drug-likeness (QED) is 0.547. The Hall–Kier alpha value is -0.325. The summed E-state index contributed by atoms with van der Waals surface area (Å²) in [6, 6.07) is 3.66. The molecule has 0 fully saturated rings. The Kier molecular flexibility index (Phi) is 2.92. The molecule has 0 spiro atoms. The third-order valence-corrected chi connectivity index (χ3v) is 1.48. The molecule has 5 heteroatoms. The molecule has 1 rings (SSSR count). The highest BCUT2D eigenvalue weighted by atomic mass is 127. The van der Waals surface area contributed by atoms with E-state index in [-0.39, 0.29) is 0 Å². The second-order valence-corrected chi connectivity index (χ2v) is 2.73. The van der Waals surface area contributed by atoms with Crippen LogP contribution in [0.5, 0.6) is 5.88 Å². The Bertz CT molecular complexity index is 203. The van der Waals surface area contributed by atoms with Crippen molar-refractivity contribution in [2.45, 2.75) is 0 Å². The van der Waals surface area contributed by atoms with Crippen molar-refractivity contribution in [2.75, 3.05) is 6.51 Å². The zero-order valence-electron chi connectivity index (χ0n) is 5.54. The molecule has 0 radical (unpaired) electrons. The van der Waals surface area contributed by atoms with Crippen molar-refractivity contribution in [2.24, 2.45) is 0 Å². The summed E-state index contributed by atoms with van der Waals surface area (Å²) in [7, 11) is 1.92. The third kappa shape index (κ3) is 2.13. The number of hydrogen-bond donors (Lipinski definition) is 0. The van der Waals surface area contributed by atoms with Crippen molar-refractivity contribution in [3.8, 4) is 5.88 Å². The summed E-state index contributed by atoms with van der Waals surface area (Å²) >= 11 is 2.10. The van der Waals surface area contributed by atoms with Crippen LogP contribution in [0.1, 0.15) is 0 Å². The molecular weight excluding hydrogens is 242 g/mol. The topological polar surface area (TPSA) is 35.0 Å². The van der Waals surface area contributed by atoms with E-state index in [1.165, 1.54) is 0 Å². The summed E-state index contributed by atoms with van der Waals surface area (Å²) < 4.78 is 5.96. The summed E-state index contributed by atoms with van der Waals surface area (Å²) in [6.07, 6.45) is 0. The SMILES string of the molecule is BCOc1ccc(I)nn1. The number of nitrogens with zero attached hydrogens (tertiary/aromatic N) is 2. The van der Waals surface area contributed by atoms with Gasteiger partial charge in [0.2, 0.25) is 5.88 Å². The van der Waals surface area contributed by atoms with Gasteiger partial charge in [-0.3, -0.25) is 0 Å². The van der Waals surface area contributed by atoms with Gasteiger partial charge in [-0.2, -0.15) is 0 Å². The van der Waals surface area contributed by atoms with Crippen molar-refractivity contribution < 1.29 is 4.74 Å². The Balaban J connectivity index is 2.69. The van der Waals surface area contributed by atoms with Crippen LogP contribution in [-0.2, 0) is 0 Å². The molecule has 0 aromatic carbocycles. The van der Waals surface area contributed by atoms with Gasteiger partial charge in [-0.1, -0.05) is 0 Å². The summed E-state index contributed by atoms with van der Waals surface area (Å²) in [5.41, 5.74) is 0. The molecule has 0 aliphatic carbocycles. The molecule has 0 aliphatic rings. The summed E-state index contributed by atoms with van der Waals surface area (Å²) in [4.78, 5) is 0. The maximum Gasteiger partial charge on any atom is 0.232 e.